The van der Waals surface area contributed by atoms with E-state index in [1.54, 1.807) is 0 Å². The summed E-state index contributed by atoms with van der Waals surface area (Å²) in [5.41, 5.74) is 0. The molecule has 3 heteroatoms. The molecule has 0 spiro atoms. The first-order valence-corrected chi connectivity index (χ1v) is 7.69. The molecule has 0 amide bonds. The van der Waals surface area contributed by atoms with E-state index in [1.807, 2.05) is 0 Å². The number of hydrogen-bond donors (Lipinski definition) is 1. The number of hydrogen-bond acceptors (Lipinski definition) is 1. The minimum absolute atomic E-state index is 0.364. The van der Waals surface area contributed by atoms with Gasteiger partial charge >= 0.3 is 67.4 Å². The van der Waals surface area contributed by atoms with Crippen molar-refractivity contribution in [2.75, 3.05) is 4.93 Å². The molecular formula is C4H11I2N-2. The first-order chi connectivity index (χ1) is 3.27. The van der Waals surface area contributed by atoms with Crippen molar-refractivity contribution >= 4 is 0 Å². The maximum absolute atomic E-state index is 3.47. The Labute approximate surface area is 66.9 Å². The Kier molecular flexibility index (Phi) is 6.68. The van der Waals surface area contributed by atoms with Crippen LogP contribution in [0.3, 0.4) is 0 Å². The molecule has 0 unspecified atom stereocenters. The summed E-state index contributed by atoms with van der Waals surface area (Å²) in [4.78, 5) is 2.26. The molecule has 0 aromatic carbocycles. The van der Waals surface area contributed by atoms with Crippen molar-refractivity contribution in [1.82, 2.24) is 1.74 Å². The molecular weight excluding hydrogens is 316 g/mol. The van der Waals surface area contributed by atoms with Gasteiger partial charge in [0.05, 0.1) is 0 Å². The van der Waals surface area contributed by atoms with Crippen LogP contribution in [0.15, 0.2) is 0 Å². The predicted molar refractivity (Wildman–Crippen MR) is 24.2 cm³/mol. The van der Waals surface area contributed by atoms with Crippen molar-refractivity contribution < 1.29 is 43.0 Å². The summed E-state index contributed by atoms with van der Waals surface area (Å²) < 4.78 is 4.40. The molecule has 0 saturated carbocycles. The standard InChI is InChI=1S/C4H11I2N/c1-4(2)6-7-5-3/h4,7H,1-3H3/q-2. The molecule has 0 aliphatic carbocycles. The fourth-order valence-electron chi connectivity index (χ4n) is 0.124. The van der Waals surface area contributed by atoms with Crippen LogP contribution in [0, 0.1) is 0 Å². The van der Waals surface area contributed by atoms with E-state index in [4.69, 9.17) is 0 Å². The zero-order valence-corrected chi connectivity index (χ0v) is 9.15. The minimum atomic E-state index is 0.364. The number of alkyl halides is 2. The van der Waals surface area contributed by atoms with Gasteiger partial charge in [0.1, 0.15) is 0 Å². The van der Waals surface area contributed by atoms with Crippen molar-refractivity contribution in [1.29, 1.82) is 0 Å². The summed E-state index contributed by atoms with van der Waals surface area (Å²) in [6.07, 6.45) is 0. The SMILES string of the molecule is C[I-]N[I-]C(C)C. The average Bonchev–Trinajstić information content (AvgIpc) is 1.61. The fraction of sp³-hybridized carbons (Fsp3) is 1.00. The van der Waals surface area contributed by atoms with Gasteiger partial charge in [0.25, 0.3) is 0 Å². The van der Waals surface area contributed by atoms with E-state index in [0.29, 0.717) is 43.0 Å². The van der Waals surface area contributed by atoms with E-state index >= 15 is 0 Å². The number of halogens is 2. The van der Waals surface area contributed by atoms with Crippen LogP contribution in [0.4, 0.5) is 0 Å². The molecule has 0 aliphatic heterocycles. The van der Waals surface area contributed by atoms with Crippen molar-refractivity contribution in [2.45, 2.75) is 17.8 Å². The summed E-state index contributed by atoms with van der Waals surface area (Å²) >= 11 is 0.737. The molecule has 0 rings (SSSR count). The van der Waals surface area contributed by atoms with Gasteiger partial charge in [-0.1, -0.05) is 0 Å². The third-order valence-electron chi connectivity index (χ3n) is 0.331. The van der Waals surface area contributed by atoms with Crippen molar-refractivity contribution in [3.05, 3.63) is 0 Å². The van der Waals surface area contributed by atoms with Gasteiger partial charge in [0.15, 0.2) is 0 Å². The molecule has 1 N–H and O–H groups in total. The second kappa shape index (κ2) is 5.55. The van der Waals surface area contributed by atoms with Gasteiger partial charge in [-0.25, -0.2) is 0 Å². The van der Waals surface area contributed by atoms with Gasteiger partial charge in [-0.3, -0.25) is 0 Å². The van der Waals surface area contributed by atoms with Crippen LogP contribution in [0.1, 0.15) is 13.8 Å². The molecule has 0 fully saturated rings. The Bertz CT molecular complexity index is 38.7. The Morgan fingerprint density at radius 1 is 1.43 bits per heavy atom. The quantitative estimate of drug-likeness (QED) is 0.310. The van der Waals surface area contributed by atoms with Crippen molar-refractivity contribution in [3.63, 3.8) is 0 Å². The monoisotopic (exact) mass is 327 g/mol. The van der Waals surface area contributed by atoms with Crippen LogP contribution in [0.25, 0.3) is 0 Å². The summed E-state index contributed by atoms with van der Waals surface area (Å²) in [6.45, 7) is 4.55. The molecule has 7 heavy (non-hydrogen) atoms. The third-order valence-corrected chi connectivity index (χ3v) is 6.53. The van der Waals surface area contributed by atoms with Gasteiger partial charge in [-0.05, 0) is 0 Å². The number of rotatable bonds is 3. The Hall–Kier alpha value is 1.42. The van der Waals surface area contributed by atoms with Crippen LogP contribution in [0.2, 0.25) is 0 Å². The van der Waals surface area contributed by atoms with Gasteiger partial charge in [-0.2, -0.15) is 0 Å². The zero-order chi connectivity index (χ0) is 5.70. The normalized spacial score (nSPS) is 11.4. The average molecular weight is 327 g/mol. The first kappa shape index (κ1) is 8.42. The second-order valence-corrected chi connectivity index (χ2v) is 8.72. The molecule has 0 aromatic heterocycles. The molecule has 0 bridgehead atoms. The first-order valence-electron chi connectivity index (χ1n) is 2.13. The molecule has 48 valence electrons. The van der Waals surface area contributed by atoms with Crippen LogP contribution in [-0.4, -0.2) is 8.86 Å². The molecule has 0 saturated heterocycles. The van der Waals surface area contributed by atoms with Gasteiger partial charge in [0, 0.05) is 0 Å². The fourth-order valence-corrected chi connectivity index (χ4v) is 5.57. The molecule has 0 aromatic rings. The summed E-state index contributed by atoms with van der Waals surface area (Å²) in [6, 6.07) is 0. The van der Waals surface area contributed by atoms with Crippen molar-refractivity contribution in [3.8, 4) is 0 Å². The van der Waals surface area contributed by atoms with Crippen molar-refractivity contribution in [2.24, 2.45) is 0 Å². The molecule has 0 heterocycles. The number of nitrogens with one attached hydrogen (secondary N) is 1. The van der Waals surface area contributed by atoms with Gasteiger partial charge in [0.2, 0.25) is 0 Å². The van der Waals surface area contributed by atoms with Crippen LogP contribution in [0.5, 0.6) is 0 Å². The Balaban J connectivity index is 2.68. The summed E-state index contributed by atoms with van der Waals surface area (Å²) in [5, 5.41) is 0. The molecule has 0 atom stereocenters. The van der Waals surface area contributed by atoms with Gasteiger partial charge < -0.3 is 0 Å². The summed E-state index contributed by atoms with van der Waals surface area (Å²) in [5.74, 6) is 0. The van der Waals surface area contributed by atoms with E-state index in [0.717, 1.165) is 3.92 Å². The van der Waals surface area contributed by atoms with E-state index in [2.05, 4.69) is 20.5 Å². The van der Waals surface area contributed by atoms with E-state index in [-0.39, 0.29) is 0 Å². The molecule has 1 nitrogen and oxygen atoms in total. The van der Waals surface area contributed by atoms with E-state index < -0.39 is 0 Å². The summed E-state index contributed by atoms with van der Waals surface area (Å²) in [7, 11) is 0. The maximum atomic E-state index is 3.47. The third kappa shape index (κ3) is 7.42. The molecule has 0 aliphatic rings. The zero-order valence-electron chi connectivity index (χ0n) is 4.83. The van der Waals surface area contributed by atoms with Gasteiger partial charge in [-0.15, -0.1) is 0 Å². The second-order valence-electron chi connectivity index (χ2n) is 1.38. The van der Waals surface area contributed by atoms with Crippen LogP contribution < -0.4 is 44.7 Å². The Morgan fingerprint density at radius 2 is 2.00 bits per heavy atom. The van der Waals surface area contributed by atoms with E-state index in [1.165, 1.54) is 0 Å². The topological polar surface area (TPSA) is 12.0 Å². The Morgan fingerprint density at radius 3 is 2.14 bits per heavy atom. The van der Waals surface area contributed by atoms with E-state index in [9.17, 15) is 0 Å². The predicted octanol–water partition coefficient (Wildman–Crippen LogP) is -5.38. The van der Waals surface area contributed by atoms with Crippen LogP contribution >= 0.6 is 0 Å². The molecule has 0 radical (unpaired) electrons. The van der Waals surface area contributed by atoms with Crippen LogP contribution in [-0.2, 0) is 0 Å².